The number of hydrogen-bond donors (Lipinski definition) is 1. The van der Waals surface area contributed by atoms with Crippen molar-refractivity contribution in [2.24, 2.45) is 0 Å². The topological polar surface area (TPSA) is 67.9 Å². The van der Waals surface area contributed by atoms with Crippen LogP contribution in [0.4, 0.5) is 5.69 Å². The third kappa shape index (κ3) is 3.76. The van der Waals surface area contributed by atoms with E-state index in [1.54, 1.807) is 24.3 Å². The van der Waals surface area contributed by atoms with Crippen LogP contribution in [0.25, 0.3) is 0 Å². The van der Waals surface area contributed by atoms with E-state index < -0.39 is 0 Å². The number of benzene rings is 1. The number of rotatable bonds is 3. The van der Waals surface area contributed by atoms with Crippen molar-refractivity contribution in [3.63, 3.8) is 0 Å². The molecule has 0 radical (unpaired) electrons. The summed E-state index contributed by atoms with van der Waals surface area (Å²) in [6.07, 6.45) is 1.30. The van der Waals surface area contributed by atoms with Gasteiger partial charge in [0.15, 0.2) is 0 Å². The van der Waals surface area contributed by atoms with Gasteiger partial charge in [0.2, 0.25) is 0 Å². The number of carbonyl (C=O) groups excluding carboxylic acids is 2. The van der Waals surface area contributed by atoms with Gasteiger partial charge in [0.1, 0.15) is 6.10 Å². The average Bonchev–Trinajstić information content (AvgIpc) is 3.11. The van der Waals surface area contributed by atoms with E-state index in [0.717, 1.165) is 12.8 Å². The predicted octanol–water partition coefficient (Wildman–Crippen LogP) is 2.05. The molecule has 0 aromatic heterocycles. The Labute approximate surface area is 142 Å². The third-order valence-corrected chi connectivity index (χ3v) is 4.47. The minimum Gasteiger partial charge on any atom is -0.375 e. The van der Waals surface area contributed by atoms with Crippen LogP contribution in [0.3, 0.4) is 0 Å². The smallest absolute Gasteiger partial charge is 0.254 e. The van der Waals surface area contributed by atoms with Gasteiger partial charge in [-0.2, -0.15) is 0 Å². The Kier molecular flexibility index (Phi) is 5.16. The van der Waals surface area contributed by atoms with Crippen LogP contribution in [0, 0.1) is 0 Å². The van der Waals surface area contributed by atoms with Crippen LogP contribution in [0.1, 0.15) is 37.0 Å². The maximum atomic E-state index is 12.8. The molecule has 1 aromatic carbocycles. The summed E-state index contributed by atoms with van der Waals surface area (Å²) < 4.78 is 11.0. The Bertz CT molecular complexity index is 613. The van der Waals surface area contributed by atoms with E-state index >= 15 is 0 Å². The molecule has 2 fully saturated rings. The van der Waals surface area contributed by atoms with Crippen LogP contribution in [-0.2, 0) is 14.3 Å². The fourth-order valence-corrected chi connectivity index (χ4v) is 3.09. The second-order valence-corrected chi connectivity index (χ2v) is 6.52. The van der Waals surface area contributed by atoms with Crippen LogP contribution >= 0.6 is 0 Å². The molecule has 130 valence electrons. The number of carbonyl (C=O) groups is 2. The third-order valence-electron chi connectivity index (χ3n) is 4.47. The summed E-state index contributed by atoms with van der Waals surface area (Å²) in [5.41, 5.74) is 1.19. The van der Waals surface area contributed by atoms with Gasteiger partial charge in [-0.25, -0.2) is 0 Å². The number of nitrogens with one attached hydrogen (secondary N) is 1. The van der Waals surface area contributed by atoms with Crippen LogP contribution in [0.5, 0.6) is 0 Å². The minimum atomic E-state index is -0.385. The second-order valence-electron chi connectivity index (χ2n) is 6.52. The summed E-state index contributed by atoms with van der Waals surface area (Å²) in [7, 11) is 0. The molecule has 3 unspecified atom stereocenters. The molecule has 1 N–H and O–H groups in total. The van der Waals surface area contributed by atoms with Crippen molar-refractivity contribution in [1.29, 1.82) is 0 Å². The predicted molar refractivity (Wildman–Crippen MR) is 90.0 cm³/mol. The Hall–Kier alpha value is -1.92. The van der Waals surface area contributed by atoms with Gasteiger partial charge in [-0.15, -0.1) is 0 Å². The van der Waals surface area contributed by atoms with E-state index in [4.69, 9.17) is 9.47 Å². The lowest BCUT2D eigenvalue weighted by molar-refractivity contribution is -0.124. The molecule has 3 rings (SSSR count). The molecule has 6 heteroatoms. The number of hydrogen-bond acceptors (Lipinski definition) is 4. The van der Waals surface area contributed by atoms with E-state index in [1.165, 1.54) is 0 Å². The highest BCUT2D eigenvalue weighted by Crippen LogP contribution is 2.19. The van der Waals surface area contributed by atoms with Crippen molar-refractivity contribution in [1.82, 2.24) is 4.90 Å². The molecule has 1 aromatic rings. The SMILES string of the molecule is CC1CN(C(=O)c2cccc(NC(=O)C3CCCO3)c2)C(C)CO1. The zero-order valence-electron chi connectivity index (χ0n) is 14.2. The molecule has 3 atom stereocenters. The molecule has 0 bridgehead atoms. The first-order valence-corrected chi connectivity index (χ1v) is 8.49. The van der Waals surface area contributed by atoms with E-state index in [9.17, 15) is 9.59 Å². The van der Waals surface area contributed by atoms with Crippen molar-refractivity contribution in [2.75, 3.05) is 25.1 Å². The number of anilines is 1. The first-order valence-electron chi connectivity index (χ1n) is 8.49. The number of morpholine rings is 1. The molecule has 2 aliphatic rings. The Morgan fingerprint density at radius 2 is 2.08 bits per heavy atom. The highest BCUT2D eigenvalue weighted by Gasteiger charge is 2.28. The first kappa shape index (κ1) is 16.9. The lowest BCUT2D eigenvalue weighted by Gasteiger charge is -2.36. The monoisotopic (exact) mass is 332 g/mol. The second kappa shape index (κ2) is 7.32. The summed E-state index contributed by atoms with van der Waals surface area (Å²) in [4.78, 5) is 26.8. The van der Waals surface area contributed by atoms with Crippen LogP contribution < -0.4 is 5.32 Å². The molecule has 2 aliphatic heterocycles. The molecule has 0 spiro atoms. The molecule has 0 saturated carbocycles. The van der Waals surface area contributed by atoms with Crippen LogP contribution in [0.15, 0.2) is 24.3 Å². The fraction of sp³-hybridized carbons (Fsp3) is 0.556. The van der Waals surface area contributed by atoms with Crippen molar-refractivity contribution < 1.29 is 19.1 Å². The quantitative estimate of drug-likeness (QED) is 0.920. The van der Waals surface area contributed by atoms with E-state index in [0.29, 0.717) is 31.0 Å². The normalized spacial score (nSPS) is 27.1. The lowest BCUT2D eigenvalue weighted by Crippen LogP contribution is -2.50. The molecule has 2 heterocycles. The highest BCUT2D eigenvalue weighted by atomic mass is 16.5. The average molecular weight is 332 g/mol. The number of nitrogens with zero attached hydrogens (tertiary/aromatic N) is 1. The standard InChI is InChI=1S/C18H24N2O4/c1-12-11-24-13(2)10-20(12)18(22)14-5-3-6-15(9-14)19-17(21)16-7-4-8-23-16/h3,5-6,9,12-13,16H,4,7-8,10-11H2,1-2H3,(H,19,21). The summed E-state index contributed by atoms with van der Waals surface area (Å²) in [5.74, 6) is -0.184. The van der Waals surface area contributed by atoms with Gasteiger partial charge in [0.05, 0.1) is 18.8 Å². The van der Waals surface area contributed by atoms with Crippen molar-refractivity contribution in [3.8, 4) is 0 Å². The maximum Gasteiger partial charge on any atom is 0.254 e. The maximum absolute atomic E-state index is 12.8. The molecule has 2 amide bonds. The molecule has 0 aliphatic carbocycles. The largest absolute Gasteiger partial charge is 0.375 e. The lowest BCUT2D eigenvalue weighted by atomic mass is 10.1. The first-order chi connectivity index (χ1) is 11.5. The minimum absolute atomic E-state index is 0.0348. The van der Waals surface area contributed by atoms with Gasteiger partial charge < -0.3 is 19.7 Å². The summed E-state index contributed by atoms with van der Waals surface area (Å²) >= 11 is 0. The van der Waals surface area contributed by atoms with Crippen LogP contribution in [-0.4, -0.2) is 54.7 Å². The van der Waals surface area contributed by atoms with E-state index in [2.05, 4.69) is 5.32 Å². The van der Waals surface area contributed by atoms with Gasteiger partial charge in [-0.05, 0) is 44.9 Å². The Morgan fingerprint density at radius 3 is 2.83 bits per heavy atom. The zero-order valence-corrected chi connectivity index (χ0v) is 14.2. The fourth-order valence-electron chi connectivity index (χ4n) is 3.09. The molecular formula is C18H24N2O4. The van der Waals surface area contributed by atoms with Gasteiger partial charge >= 0.3 is 0 Å². The zero-order chi connectivity index (χ0) is 17.1. The van der Waals surface area contributed by atoms with Gasteiger partial charge in [0, 0.05) is 24.4 Å². The molecule has 6 nitrogen and oxygen atoms in total. The summed E-state index contributed by atoms with van der Waals surface area (Å²) in [6, 6.07) is 7.11. The molecule has 2 saturated heterocycles. The van der Waals surface area contributed by atoms with Crippen molar-refractivity contribution in [2.45, 2.75) is 44.9 Å². The van der Waals surface area contributed by atoms with E-state index in [1.807, 2.05) is 18.7 Å². The van der Waals surface area contributed by atoms with Gasteiger partial charge in [0.25, 0.3) is 11.8 Å². The Morgan fingerprint density at radius 1 is 1.25 bits per heavy atom. The molecule has 24 heavy (non-hydrogen) atoms. The number of amides is 2. The Balaban J connectivity index is 1.70. The summed E-state index contributed by atoms with van der Waals surface area (Å²) in [6.45, 7) is 5.69. The van der Waals surface area contributed by atoms with Gasteiger partial charge in [-0.1, -0.05) is 6.07 Å². The summed E-state index contributed by atoms with van der Waals surface area (Å²) in [5, 5.41) is 2.84. The van der Waals surface area contributed by atoms with Gasteiger partial charge in [-0.3, -0.25) is 9.59 Å². The van der Waals surface area contributed by atoms with Crippen molar-refractivity contribution in [3.05, 3.63) is 29.8 Å². The highest BCUT2D eigenvalue weighted by molar-refractivity contribution is 5.98. The molecular weight excluding hydrogens is 308 g/mol. The van der Waals surface area contributed by atoms with Crippen molar-refractivity contribution >= 4 is 17.5 Å². The van der Waals surface area contributed by atoms with Crippen LogP contribution in [0.2, 0.25) is 0 Å². The number of ether oxygens (including phenoxy) is 2. The van der Waals surface area contributed by atoms with E-state index in [-0.39, 0.29) is 30.1 Å².